The molecule has 0 aliphatic heterocycles. The monoisotopic (exact) mass is 435 g/mol. The van der Waals surface area contributed by atoms with Crippen LogP contribution in [0.3, 0.4) is 0 Å². The lowest BCUT2D eigenvalue weighted by Crippen LogP contribution is -2.37. The van der Waals surface area contributed by atoms with Gasteiger partial charge in [0.25, 0.3) is 0 Å². The highest BCUT2D eigenvalue weighted by atomic mass is 16.5. The molecule has 1 N–H and O–H groups in total. The van der Waals surface area contributed by atoms with E-state index in [4.69, 9.17) is 4.74 Å². The SMILES string of the molecule is COc1ccccc1CCNC(=O)CC(c1ccccc1)(c1ccccc1)c1ccccc1. The molecule has 0 spiro atoms. The van der Waals surface area contributed by atoms with Crippen molar-refractivity contribution in [2.75, 3.05) is 13.7 Å². The lowest BCUT2D eigenvalue weighted by atomic mass is 9.67. The molecule has 0 heterocycles. The second-order valence-electron chi connectivity index (χ2n) is 8.09. The molecular weight excluding hydrogens is 406 g/mol. The van der Waals surface area contributed by atoms with Crippen molar-refractivity contribution in [2.24, 2.45) is 0 Å². The van der Waals surface area contributed by atoms with E-state index in [0.717, 1.165) is 28.0 Å². The molecular formula is C30H29NO2. The van der Waals surface area contributed by atoms with Crippen LogP contribution in [0.25, 0.3) is 0 Å². The highest BCUT2D eigenvalue weighted by molar-refractivity contribution is 5.80. The van der Waals surface area contributed by atoms with Crippen LogP contribution in [-0.2, 0) is 16.6 Å². The lowest BCUT2D eigenvalue weighted by Gasteiger charge is -2.35. The van der Waals surface area contributed by atoms with Crippen LogP contribution < -0.4 is 10.1 Å². The number of hydrogen-bond acceptors (Lipinski definition) is 2. The van der Waals surface area contributed by atoms with Gasteiger partial charge in [-0.3, -0.25) is 4.79 Å². The van der Waals surface area contributed by atoms with Crippen LogP contribution >= 0.6 is 0 Å². The van der Waals surface area contributed by atoms with Gasteiger partial charge in [-0.1, -0.05) is 109 Å². The van der Waals surface area contributed by atoms with Crippen molar-refractivity contribution in [1.82, 2.24) is 5.32 Å². The molecule has 33 heavy (non-hydrogen) atoms. The number of nitrogens with one attached hydrogen (secondary N) is 1. The Balaban J connectivity index is 1.65. The van der Waals surface area contributed by atoms with Crippen molar-refractivity contribution >= 4 is 5.91 Å². The first-order chi connectivity index (χ1) is 16.2. The van der Waals surface area contributed by atoms with E-state index in [1.165, 1.54) is 0 Å². The Hall–Kier alpha value is -3.85. The van der Waals surface area contributed by atoms with E-state index in [1.54, 1.807) is 7.11 Å². The molecule has 4 rings (SSSR count). The molecule has 0 radical (unpaired) electrons. The number of hydrogen-bond donors (Lipinski definition) is 1. The topological polar surface area (TPSA) is 38.3 Å². The Morgan fingerprint density at radius 3 is 1.64 bits per heavy atom. The maximum atomic E-state index is 13.4. The number of carbonyl (C=O) groups excluding carboxylic acids is 1. The number of carbonyl (C=O) groups is 1. The summed E-state index contributed by atoms with van der Waals surface area (Å²) in [4.78, 5) is 13.4. The molecule has 0 unspecified atom stereocenters. The molecule has 0 saturated heterocycles. The van der Waals surface area contributed by atoms with Gasteiger partial charge < -0.3 is 10.1 Å². The maximum absolute atomic E-state index is 13.4. The van der Waals surface area contributed by atoms with Crippen molar-refractivity contribution in [3.63, 3.8) is 0 Å². The summed E-state index contributed by atoms with van der Waals surface area (Å²) in [6.07, 6.45) is 1.03. The highest BCUT2D eigenvalue weighted by Crippen LogP contribution is 2.42. The summed E-state index contributed by atoms with van der Waals surface area (Å²) in [5.41, 5.74) is 3.80. The summed E-state index contributed by atoms with van der Waals surface area (Å²) in [6.45, 7) is 0.549. The summed E-state index contributed by atoms with van der Waals surface area (Å²) in [5, 5.41) is 3.15. The van der Waals surface area contributed by atoms with E-state index >= 15 is 0 Å². The molecule has 4 aromatic rings. The molecule has 4 aromatic carbocycles. The normalized spacial score (nSPS) is 11.1. The Morgan fingerprint density at radius 2 is 1.15 bits per heavy atom. The van der Waals surface area contributed by atoms with E-state index in [1.807, 2.05) is 78.9 Å². The smallest absolute Gasteiger partial charge is 0.221 e. The fourth-order valence-corrected chi connectivity index (χ4v) is 4.52. The Morgan fingerprint density at radius 1 is 0.697 bits per heavy atom. The third kappa shape index (κ3) is 4.98. The first-order valence-corrected chi connectivity index (χ1v) is 11.3. The maximum Gasteiger partial charge on any atom is 0.221 e. The summed E-state index contributed by atoms with van der Waals surface area (Å²) < 4.78 is 5.44. The van der Waals surface area contributed by atoms with Gasteiger partial charge in [0.2, 0.25) is 5.91 Å². The molecule has 3 nitrogen and oxygen atoms in total. The quantitative estimate of drug-likeness (QED) is 0.339. The third-order valence-electron chi connectivity index (χ3n) is 6.13. The van der Waals surface area contributed by atoms with Gasteiger partial charge >= 0.3 is 0 Å². The molecule has 0 aliphatic carbocycles. The van der Waals surface area contributed by atoms with Gasteiger partial charge in [-0.25, -0.2) is 0 Å². The molecule has 0 saturated carbocycles. The Labute approximate surface area is 196 Å². The molecule has 0 fully saturated rings. The Kier molecular flexibility index (Phi) is 7.21. The largest absolute Gasteiger partial charge is 0.496 e. The molecule has 3 heteroatoms. The van der Waals surface area contributed by atoms with Crippen molar-refractivity contribution in [2.45, 2.75) is 18.3 Å². The van der Waals surface area contributed by atoms with Crippen LogP contribution in [0.4, 0.5) is 0 Å². The van der Waals surface area contributed by atoms with Crippen molar-refractivity contribution in [3.8, 4) is 5.75 Å². The second-order valence-corrected chi connectivity index (χ2v) is 8.09. The molecule has 0 aliphatic rings. The fraction of sp³-hybridized carbons (Fsp3) is 0.167. The van der Waals surface area contributed by atoms with Crippen molar-refractivity contribution < 1.29 is 9.53 Å². The summed E-state index contributed by atoms with van der Waals surface area (Å²) in [7, 11) is 1.67. The van der Waals surface area contributed by atoms with Gasteiger partial charge in [0, 0.05) is 13.0 Å². The van der Waals surface area contributed by atoms with Crippen LogP contribution in [0.2, 0.25) is 0 Å². The van der Waals surface area contributed by atoms with Crippen LogP contribution in [-0.4, -0.2) is 19.6 Å². The number of amides is 1. The molecule has 166 valence electrons. The Bertz CT molecular complexity index is 1060. The minimum absolute atomic E-state index is 0.0152. The van der Waals surface area contributed by atoms with Crippen LogP contribution in [0, 0.1) is 0 Å². The van der Waals surface area contributed by atoms with Gasteiger partial charge in [-0.05, 0) is 34.7 Å². The number of rotatable bonds is 9. The zero-order valence-electron chi connectivity index (χ0n) is 18.9. The molecule has 0 atom stereocenters. The van der Waals surface area contributed by atoms with E-state index in [9.17, 15) is 4.79 Å². The summed E-state index contributed by atoms with van der Waals surface area (Å²) in [5.74, 6) is 0.861. The summed E-state index contributed by atoms with van der Waals surface area (Å²) in [6, 6.07) is 38.9. The van der Waals surface area contributed by atoms with E-state index < -0.39 is 5.41 Å². The van der Waals surface area contributed by atoms with Crippen molar-refractivity contribution in [1.29, 1.82) is 0 Å². The standard InChI is InChI=1S/C30H29NO2/c1-33-28-20-12-11-13-24(28)21-22-31-29(32)23-30(25-14-5-2-6-15-25,26-16-7-3-8-17-26)27-18-9-4-10-19-27/h2-20H,21-23H2,1H3,(H,31,32). The number of ether oxygens (including phenoxy) is 1. The third-order valence-corrected chi connectivity index (χ3v) is 6.13. The van der Waals surface area contributed by atoms with Gasteiger partial charge in [0.15, 0.2) is 0 Å². The number of methoxy groups -OCH3 is 1. The van der Waals surface area contributed by atoms with Crippen LogP contribution in [0.5, 0.6) is 5.75 Å². The molecule has 0 aromatic heterocycles. The van der Waals surface area contributed by atoms with E-state index in [0.29, 0.717) is 19.4 Å². The predicted molar refractivity (Wildman–Crippen MR) is 134 cm³/mol. The zero-order valence-corrected chi connectivity index (χ0v) is 18.9. The number of benzene rings is 4. The predicted octanol–water partition coefficient (Wildman–Crippen LogP) is 5.78. The van der Waals surface area contributed by atoms with E-state index in [-0.39, 0.29) is 5.91 Å². The average Bonchev–Trinajstić information content (AvgIpc) is 2.89. The first kappa shape index (κ1) is 22.3. The lowest BCUT2D eigenvalue weighted by molar-refractivity contribution is -0.121. The van der Waals surface area contributed by atoms with Crippen LogP contribution in [0.1, 0.15) is 28.7 Å². The summed E-state index contributed by atoms with van der Waals surface area (Å²) >= 11 is 0. The first-order valence-electron chi connectivity index (χ1n) is 11.3. The van der Waals surface area contributed by atoms with Gasteiger partial charge in [-0.2, -0.15) is 0 Å². The minimum atomic E-state index is -0.585. The van der Waals surface area contributed by atoms with E-state index in [2.05, 4.69) is 41.7 Å². The minimum Gasteiger partial charge on any atom is -0.496 e. The van der Waals surface area contributed by atoms with Gasteiger partial charge in [0.1, 0.15) is 5.75 Å². The number of para-hydroxylation sites is 1. The zero-order chi connectivity index (χ0) is 22.9. The van der Waals surface area contributed by atoms with Gasteiger partial charge in [0.05, 0.1) is 12.5 Å². The highest BCUT2D eigenvalue weighted by Gasteiger charge is 2.38. The fourth-order valence-electron chi connectivity index (χ4n) is 4.52. The molecule has 1 amide bonds. The van der Waals surface area contributed by atoms with Gasteiger partial charge in [-0.15, -0.1) is 0 Å². The average molecular weight is 436 g/mol. The van der Waals surface area contributed by atoms with Crippen LogP contribution in [0.15, 0.2) is 115 Å². The molecule has 0 bridgehead atoms. The second kappa shape index (κ2) is 10.6. The van der Waals surface area contributed by atoms with Crippen molar-refractivity contribution in [3.05, 3.63) is 138 Å².